The number of hydrogen-bond acceptors (Lipinski definition) is 5. The maximum Gasteiger partial charge on any atom is 0.272 e. The number of pyridine rings is 2. The lowest BCUT2D eigenvalue weighted by Crippen LogP contribution is -1.95. The van der Waals surface area contributed by atoms with E-state index in [4.69, 9.17) is 63.7 Å². The van der Waals surface area contributed by atoms with Crippen molar-refractivity contribution in [1.82, 2.24) is 9.97 Å². The monoisotopic (exact) mass is 1270 g/mol. The van der Waals surface area contributed by atoms with Gasteiger partial charge in [0.1, 0.15) is 16.8 Å². The molecule has 0 amide bonds. The van der Waals surface area contributed by atoms with Crippen LogP contribution in [0.15, 0.2) is 237 Å². The van der Waals surface area contributed by atoms with Crippen molar-refractivity contribution in [1.29, 1.82) is 0 Å². The number of aryl methyl sites for hydroxylation is 6. The molecule has 87 heavy (non-hydrogen) atoms. The zero-order valence-electron chi connectivity index (χ0n) is 50.8. The summed E-state index contributed by atoms with van der Waals surface area (Å²) in [5.41, 5.74) is 18.2. The summed E-state index contributed by atoms with van der Waals surface area (Å²) in [6.45, 7) is 16.5. The van der Waals surface area contributed by atoms with Crippen molar-refractivity contribution in [3.8, 4) is 0 Å². The molecule has 2 aromatic heterocycles. The Morgan fingerprint density at radius 1 is 0.448 bits per heavy atom. The lowest BCUT2D eigenvalue weighted by Gasteiger charge is -2.12. The minimum atomic E-state index is -0.519. The number of nitro benzene ring substituents is 1. The van der Waals surface area contributed by atoms with Gasteiger partial charge in [-0.05, 0) is 150 Å². The molecule has 0 radical (unpaired) electrons. The number of nitrogens with zero attached hydrogens (tertiary/aromatic N) is 3. The van der Waals surface area contributed by atoms with Crippen LogP contribution in [0.4, 0.5) is 20.2 Å². The van der Waals surface area contributed by atoms with Gasteiger partial charge < -0.3 is 5.73 Å². The third-order valence-corrected chi connectivity index (χ3v) is 14.9. The zero-order valence-corrected chi connectivity index (χ0v) is 54.6. The molecule has 8 aromatic carbocycles. The molecule has 0 atom stereocenters. The van der Waals surface area contributed by atoms with Crippen LogP contribution in [0.25, 0.3) is 0 Å². The molecule has 0 aliphatic heterocycles. The second-order valence-corrected chi connectivity index (χ2v) is 21.4. The molecule has 0 spiro atoms. The molecule has 6 nitrogen and oxygen atoms in total. The first-order chi connectivity index (χ1) is 41.9. The number of para-hydroxylation sites is 2. The Hall–Kier alpha value is -7.43. The molecule has 456 valence electrons. The Bertz CT molecular complexity index is 3390. The van der Waals surface area contributed by atoms with Crippen LogP contribution in [0.3, 0.4) is 0 Å². The van der Waals surface area contributed by atoms with E-state index in [9.17, 15) is 18.9 Å². The van der Waals surface area contributed by atoms with Gasteiger partial charge in [-0.15, -0.1) is 0 Å². The van der Waals surface area contributed by atoms with Crippen LogP contribution in [0.2, 0.25) is 25.2 Å². The van der Waals surface area contributed by atoms with Gasteiger partial charge in [-0.1, -0.05) is 259 Å². The van der Waals surface area contributed by atoms with E-state index >= 15 is 0 Å². The van der Waals surface area contributed by atoms with Gasteiger partial charge in [0.15, 0.2) is 0 Å². The van der Waals surface area contributed by atoms with Gasteiger partial charge in [-0.3, -0.25) is 15.1 Å². The van der Waals surface area contributed by atoms with Crippen LogP contribution in [0.5, 0.6) is 0 Å². The van der Waals surface area contributed by atoms with Crippen molar-refractivity contribution in [3.63, 3.8) is 0 Å². The van der Waals surface area contributed by atoms with E-state index in [0.717, 1.165) is 58.7 Å². The zero-order chi connectivity index (χ0) is 63.9. The molecule has 0 fully saturated rings. The topological polar surface area (TPSA) is 94.9 Å². The molecule has 0 aliphatic carbocycles. The van der Waals surface area contributed by atoms with Crippen molar-refractivity contribution in [2.24, 2.45) is 0 Å². The molecular formula is C74H79Cl5F2N4O2. The summed E-state index contributed by atoms with van der Waals surface area (Å²) in [6.07, 6.45) is 8.99. The van der Waals surface area contributed by atoms with Crippen molar-refractivity contribution in [2.75, 3.05) is 5.73 Å². The summed E-state index contributed by atoms with van der Waals surface area (Å²) in [6, 6.07) is 70.9. The number of anilines is 1. The number of aromatic nitrogens is 2. The molecule has 0 bridgehead atoms. The van der Waals surface area contributed by atoms with Gasteiger partial charge in [-0.2, -0.15) is 0 Å². The predicted octanol–water partition coefficient (Wildman–Crippen LogP) is 23.0. The highest BCUT2D eigenvalue weighted by Gasteiger charge is 2.10. The van der Waals surface area contributed by atoms with E-state index < -0.39 is 11.6 Å². The second kappa shape index (κ2) is 42.4. The van der Waals surface area contributed by atoms with Gasteiger partial charge in [0, 0.05) is 63.4 Å². The van der Waals surface area contributed by atoms with Crippen LogP contribution >= 0.6 is 58.0 Å². The summed E-state index contributed by atoms with van der Waals surface area (Å²) in [5.74, 6) is -0.135. The van der Waals surface area contributed by atoms with Crippen molar-refractivity contribution >= 4 is 69.4 Å². The maximum absolute atomic E-state index is 12.6. The molecule has 10 aromatic rings. The SMILES string of the molecule is CC(c1ccc(Cl)cc1)c1ccc(Cl)cc1.CC(c1ccccc1)c1ccccc1.CCc1ccc(Cl)c(Cl)c1.CCc1ccc(Cl)nc1.CCc1ccc(F)cc1F.CCc1ccccc1N.CCc1ccccc1[N+](=O)[O-].CCc1ccccn1. The lowest BCUT2D eigenvalue weighted by molar-refractivity contribution is -0.385. The fourth-order valence-electron chi connectivity index (χ4n) is 8.01. The fourth-order valence-corrected chi connectivity index (χ4v) is 8.69. The molecule has 0 aliphatic rings. The van der Waals surface area contributed by atoms with E-state index in [2.05, 4.69) is 143 Å². The van der Waals surface area contributed by atoms with E-state index in [1.54, 1.807) is 24.4 Å². The highest BCUT2D eigenvalue weighted by Crippen LogP contribution is 2.27. The van der Waals surface area contributed by atoms with Gasteiger partial charge in [0.25, 0.3) is 5.69 Å². The average molecular weight is 1270 g/mol. The van der Waals surface area contributed by atoms with Crippen LogP contribution in [-0.4, -0.2) is 14.9 Å². The molecular weight excluding hydrogens is 1190 g/mol. The third-order valence-electron chi connectivity index (χ3n) is 13.4. The summed E-state index contributed by atoms with van der Waals surface area (Å²) < 4.78 is 24.9. The Balaban J connectivity index is 0.000000263. The molecule has 13 heteroatoms. The summed E-state index contributed by atoms with van der Waals surface area (Å²) in [7, 11) is 0. The van der Waals surface area contributed by atoms with Crippen LogP contribution in [-0.2, 0) is 38.5 Å². The fraction of sp³-hybridized carbons (Fsp3) is 0.216. The van der Waals surface area contributed by atoms with Crippen molar-refractivity contribution in [2.45, 2.75) is 106 Å². The van der Waals surface area contributed by atoms with E-state index in [1.807, 2.05) is 111 Å². The second-order valence-electron chi connectivity index (χ2n) is 19.4. The van der Waals surface area contributed by atoms with Gasteiger partial charge >= 0.3 is 0 Å². The smallest absolute Gasteiger partial charge is 0.272 e. The third kappa shape index (κ3) is 28.8. The first-order valence-corrected chi connectivity index (χ1v) is 30.8. The van der Waals surface area contributed by atoms with E-state index in [-0.39, 0.29) is 10.6 Å². The lowest BCUT2D eigenvalue weighted by atomic mass is 9.93. The number of rotatable bonds is 11. The Morgan fingerprint density at radius 3 is 1.31 bits per heavy atom. The van der Waals surface area contributed by atoms with Gasteiger partial charge in [0.05, 0.1) is 15.0 Å². The summed E-state index contributed by atoms with van der Waals surface area (Å²) >= 11 is 28.8. The number of nitrogens with two attached hydrogens (primary N) is 1. The van der Waals surface area contributed by atoms with E-state index in [1.165, 1.54) is 57.1 Å². The average Bonchev–Trinajstić information content (AvgIpc) is 3.71. The molecule has 10 rings (SSSR count). The number of nitrogen functional groups attached to an aromatic ring is 1. The molecule has 2 N–H and O–H groups in total. The number of nitro groups is 1. The largest absolute Gasteiger partial charge is 0.399 e. The maximum atomic E-state index is 12.6. The molecule has 2 heterocycles. The normalized spacial score (nSPS) is 9.94. The van der Waals surface area contributed by atoms with Gasteiger partial charge in [-0.25, -0.2) is 13.8 Å². The Labute approximate surface area is 540 Å². The molecule has 0 saturated heterocycles. The highest BCUT2D eigenvalue weighted by atomic mass is 35.5. The standard InChI is InChI=1S/C14H12Cl2.C14H14.C8H8Cl2.C8H8F2.C8H9NO2.C8H11N.C7H8ClN.C7H9N/c1-10(11-2-6-13(15)7-3-11)12-4-8-14(16)9-5-12;1-12(13-8-4-2-5-9-13)14-10-6-3-7-11-14;1-2-6-3-4-7(9)8(10)5-6;1-2-6-3-4-7(9)5-8(6)10;1-2-7-5-3-4-6-8(7)9(10)11;1-2-7-5-3-4-6-8(7)9;1-2-6-3-4-7(8)9-5-6;1-2-7-5-3-4-6-8-7/h2-10H,1H3;2-12H,1H3;2*3-5H,2H2,1H3;3-6H,2H2,1H3;3-6H,2,9H2,1H3;3-5H,2H2,1H3;3-6H,2H2,1H3. The Morgan fingerprint density at radius 2 is 0.920 bits per heavy atom. The quantitative estimate of drug-likeness (QED) is 0.0603. The van der Waals surface area contributed by atoms with Crippen LogP contribution in [0.1, 0.15) is 123 Å². The van der Waals surface area contributed by atoms with Gasteiger partial charge in [0.2, 0.25) is 0 Å². The number of hydrogen-bond donors (Lipinski definition) is 1. The molecule has 0 unspecified atom stereocenters. The van der Waals surface area contributed by atoms with Crippen LogP contribution in [0, 0.1) is 21.7 Å². The van der Waals surface area contributed by atoms with Crippen molar-refractivity contribution < 1.29 is 13.7 Å². The predicted molar refractivity (Wildman–Crippen MR) is 367 cm³/mol. The first-order valence-electron chi connectivity index (χ1n) is 28.9. The van der Waals surface area contributed by atoms with Crippen LogP contribution < -0.4 is 5.73 Å². The summed E-state index contributed by atoms with van der Waals surface area (Å²) in [4.78, 5) is 18.1. The number of halogens is 7. The first kappa shape index (κ1) is 73.8. The highest BCUT2D eigenvalue weighted by molar-refractivity contribution is 6.42. The molecule has 0 saturated carbocycles. The minimum absolute atomic E-state index is 0.218. The minimum Gasteiger partial charge on any atom is -0.399 e. The van der Waals surface area contributed by atoms with Crippen molar-refractivity contribution in [3.05, 3.63) is 340 Å². The Kier molecular flexibility index (Phi) is 36.0. The number of benzene rings is 8. The van der Waals surface area contributed by atoms with E-state index in [0.29, 0.717) is 45.4 Å². The summed E-state index contributed by atoms with van der Waals surface area (Å²) in [5, 5.41) is 13.8.